The summed E-state index contributed by atoms with van der Waals surface area (Å²) >= 11 is 0. The third-order valence-corrected chi connectivity index (χ3v) is 9.74. The Bertz CT molecular complexity index is 1030. The predicted molar refractivity (Wildman–Crippen MR) is 116 cm³/mol. The van der Waals surface area contributed by atoms with Gasteiger partial charge >= 0.3 is 0 Å². The fourth-order valence-electron chi connectivity index (χ4n) is 4.04. The summed E-state index contributed by atoms with van der Waals surface area (Å²) in [6.45, 7) is 5.70. The lowest BCUT2D eigenvalue weighted by Crippen LogP contribution is -2.52. The molecule has 1 atom stereocenters. The van der Waals surface area contributed by atoms with Gasteiger partial charge < -0.3 is 9.80 Å². The highest BCUT2D eigenvalue weighted by molar-refractivity contribution is 7.91. The smallest absolute Gasteiger partial charge is 0.253 e. The van der Waals surface area contributed by atoms with Crippen LogP contribution in [-0.4, -0.2) is 93.5 Å². The van der Waals surface area contributed by atoms with Crippen LogP contribution in [0.15, 0.2) is 29.2 Å². The van der Waals surface area contributed by atoms with Gasteiger partial charge in [0.1, 0.15) is 0 Å². The van der Waals surface area contributed by atoms with E-state index in [-0.39, 0.29) is 28.2 Å². The first-order valence-electron chi connectivity index (χ1n) is 10.5. The van der Waals surface area contributed by atoms with Crippen molar-refractivity contribution in [1.29, 1.82) is 0 Å². The zero-order chi connectivity index (χ0) is 22.8. The van der Waals surface area contributed by atoms with E-state index in [1.165, 1.54) is 28.6 Å². The van der Waals surface area contributed by atoms with Crippen LogP contribution in [0.2, 0.25) is 0 Å². The van der Waals surface area contributed by atoms with Crippen molar-refractivity contribution in [2.75, 3.05) is 50.8 Å². The van der Waals surface area contributed by atoms with Gasteiger partial charge in [-0.05, 0) is 30.7 Å². The van der Waals surface area contributed by atoms with Gasteiger partial charge in [-0.25, -0.2) is 16.8 Å². The van der Waals surface area contributed by atoms with Crippen molar-refractivity contribution in [2.24, 2.45) is 5.92 Å². The van der Waals surface area contributed by atoms with Gasteiger partial charge in [-0.15, -0.1) is 0 Å². The minimum Gasteiger partial charge on any atom is -0.339 e. The van der Waals surface area contributed by atoms with Gasteiger partial charge in [-0.2, -0.15) is 4.31 Å². The number of hydrogen-bond acceptors (Lipinski definition) is 6. The molecule has 9 nitrogen and oxygen atoms in total. The number of piperazine rings is 1. The Kier molecular flexibility index (Phi) is 7.07. The van der Waals surface area contributed by atoms with Crippen LogP contribution in [0.1, 0.15) is 30.6 Å². The topological polar surface area (TPSA) is 112 Å². The molecule has 0 N–H and O–H groups in total. The Morgan fingerprint density at radius 3 is 2.03 bits per heavy atom. The first-order chi connectivity index (χ1) is 14.6. The Labute approximate surface area is 184 Å². The Balaban J connectivity index is 1.60. The summed E-state index contributed by atoms with van der Waals surface area (Å²) in [7, 11) is -6.70. The van der Waals surface area contributed by atoms with Crippen LogP contribution in [-0.2, 0) is 24.7 Å². The lowest BCUT2D eigenvalue weighted by atomic mass is 10.1. The van der Waals surface area contributed by atoms with Crippen molar-refractivity contribution in [3.8, 4) is 0 Å². The van der Waals surface area contributed by atoms with E-state index in [1.54, 1.807) is 23.6 Å². The number of sulfonamides is 1. The number of rotatable bonds is 6. The summed E-state index contributed by atoms with van der Waals surface area (Å²) in [4.78, 5) is 28.8. The Morgan fingerprint density at radius 1 is 1.00 bits per heavy atom. The molecule has 3 rings (SSSR count). The minimum absolute atomic E-state index is 0.0574. The Morgan fingerprint density at radius 2 is 1.55 bits per heavy atom. The summed E-state index contributed by atoms with van der Waals surface area (Å²) in [5.41, 5.74) is 0.389. The van der Waals surface area contributed by atoms with E-state index < -0.39 is 25.8 Å². The van der Waals surface area contributed by atoms with E-state index in [0.717, 1.165) is 0 Å². The van der Waals surface area contributed by atoms with E-state index in [0.29, 0.717) is 51.3 Å². The van der Waals surface area contributed by atoms with Crippen molar-refractivity contribution in [3.05, 3.63) is 29.8 Å². The molecular formula is C20H29N3O6S2. The zero-order valence-corrected chi connectivity index (χ0v) is 19.5. The molecule has 0 aliphatic carbocycles. The number of sulfone groups is 1. The zero-order valence-electron chi connectivity index (χ0n) is 17.9. The molecule has 2 aliphatic heterocycles. The third kappa shape index (κ3) is 5.09. The second kappa shape index (κ2) is 9.25. The maximum atomic E-state index is 12.8. The first-order valence-corrected chi connectivity index (χ1v) is 13.7. The average Bonchev–Trinajstić information content (AvgIpc) is 3.13. The summed E-state index contributed by atoms with van der Waals surface area (Å²) in [5, 5.41) is 0. The van der Waals surface area contributed by atoms with Crippen LogP contribution in [0.4, 0.5) is 0 Å². The highest BCUT2D eigenvalue weighted by Crippen LogP contribution is 2.22. The van der Waals surface area contributed by atoms with Crippen LogP contribution in [0.25, 0.3) is 0 Å². The second-order valence-corrected chi connectivity index (χ2v) is 12.0. The lowest BCUT2D eigenvalue weighted by Gasteiger charge is -2.36. The molecule has 11 heteroatoms. The van der Waals surface area contributed by atoms with Gasteiger partial charge in [-0.1, -0.05) is 13.8 Å². The quantitative estimate of drug-likeness (QED) is 0.595. The fourth-order valence-corrected chi connectivity index (χ4v) is 7.23. The van der Waals surface area contributed by atoms with Crippen LogP contribution in [0, 0.1) is 5.92 Å². The first kappa shape index (κ1) is 23.7. The molecule has 1 unspecified atom stereocenters. The molecule has 1 aromatic carbocycles. The number of amides is 2. The molecule has 0 bridgehead atoms. The summed E-state index contributed by atoms with van der Waals surface area (Å²) in [6.07, 6.45) is 0.364. The van der Waals surface area contributed by atoms with Gasteiger partial charge in [0.15, 0.2) is 9.84 Å². The van der Waals surface area contributed by atoms with E-state index in [1.807, 2.05) is 0 Å². The van der Waals surface area contributed by atoms with Crippen molar-refractivity contribution in [1.82, 2.24) is 14.1 Å². The summed E-state index contributed by atoms with van der Waals surface area (Å²) < 4.78 is 49.8. The number of benzene rings is 1. The number of nitrogens with zero attached hydrogens (tertiary/aromatic N) is 3. The normalized spacial score (nSPS) is 21.5. The third-order valence-electron chi connectivity index (χ3n) is 5.90. The molecule has 1 aromatic rings. The molecule has 2 aliphatic rings. The Hall–Kier alpha value is -1.98. The molecule has 2 fully saturated rings. The summed E-state index contributed by atoms with van der Waals surface area (Å²) in [6, 6.07) is 5.92. The van der Waals surface area contributed by atoms with Gasteiger partial charge in [0.2, 0.25) is 15.9 Å². The average molecular weight is 472 g/mol. The van der Waals surface area contributed by atoms with Crippen LogP contribution < -0.4 is 0 Å². The minimum atomic E-state index is -3.58. The summed E-state index contributed by atoms with van der Waals surface area (Å²) in [5.74, 6) is -0.885. The highest BCUT2D eigenvalue weighted by Gasteiger charge is 2.36. The maximum absolute atomic E-state index is 12.8. The molecule has 0 spiro atoms. The molecule has 0 saturated carbocycles. The monoisotopic (exact) mass is 471 g/mol. The van der Waals surface area contributed by atoms with Gasteiger partial charge in [0.05, 0.1) is 22.3 Å². The molecule has 172 valence electrons. The molecular weight excluding hydrogens is 442 g/mol. The predicted octanol–water partition coefficient (Wildman–Crippen LogP) is 0.436. The molecule has 0 radical (unpaired) electrons. The standard InChI is InChI=1S/C20H29N3O6S2/c1-3-23(4-2)31(28,29)18-7-5-16(6-8-18)19(24)21-10-12-22(13-11-21)20(25)17-9-14-30(26,27)15-17/h5-8,17H,3-4,9-15H2,1-2H3. The van der Waals surface area contributed by atoms with Crippen LogP contribution in [0.3, 0.4) is 0 Å². The maximum Gasteiger partial charge on any atom is 0.253 e. The van der Waals surface area contributed by atoms with E-state index in [4.69, 9.17) is 0 Å². The SMILES string of the molecule is CCN(CC)S(=O)(=O)c1ccc(C(=O)N2CCN(C(=O)C3CCS(=O)(=O)C3)CC2)cc1. The number of hydrogen-bond donors (Lipinski definition) is 0. The lowest BCUT2D eigenvalue weighted by molar-refractivity contribution is -0.136. The van der Waals surface area contributed by atoms with Gasteiger partial charge in [0, 0.05) is 44.8 Å². The molecule has 2 saturated heterocycles. The van der Waals surface area contributed by atoms with E-state index >= 15 is 0 Å². The molecule has 31 heavy (non-hydrogen) atoms. The second-order valence-electron chi connectivity index (χ2n) is 7.83. The molecule has 2 heterocycles. The van der Waals surface area contributed by atoms with Crippen LogP contribution in [0.5, 0.6) is 0 Å². The molecule has 2 amide bonds. The van der Waals surface area contributed by atoms with Crippen molar-refractivity contribution >= 4 is 31.7 Å². The van der Waals surface area contributed by atoms with Crippen molar-refractivity contribution < 1.29 is 26.4 Å². The van der Waals surface area contributed by atoms with E-state index in [9.17, 15) is 26.4 Å². The van der Waals surface area contributed by atoms with Crippen molar-refractivity contribution in [3.63, 3.8) is 0 Å². The van der Waals surface area contributed by atoms with Crippen molar-refractivity contribution in [2.45, 2.75) is 25.2 Å². The molecule has 0 aromatic heterocycles. The van der Waals surface area contributed by atoms with Gasteiger partial charge in [-0.3, -0.25) is 9.59 Å². The number of carbonyl (C=O) groups excluding carboxylic acids is 2. The van der Waals surface area contributed by atoms with Crippen LogP contribution >= 0.6 is 0 Å². The number of carbonyl (C=O) groups is 2. The van der Waals surface area contributed by atoms with Gasteiger partial charge in [0.25, 0.3) is 5.91 Å². The highest BCUT2D eigenvalue weighted by atomic mass is 32.2. The fraction of sp³-hybridized carbons (Fsp3) is 0.600. The van der Waals surface area contributed by atoms with E-state index in [2.05, 4.69) is 0 Å². The largest absolute Gasteiger partial charge is 0.339 e.